The molecule has 0 saturated heterocycles. The van der Waals surface area contributed by atoms with Gasteiger partial charge in [-0.05, 0) is 12.8 Å². The number of hydrogen-bond acceptors (Lipinski definition) is 4. The molecule has 0 aliphatic heterocycles. The summed E-state index contributed by atoms with van der Waals surface area (Å²) in [7, 11) is -3.37. The zero-order chi connectivity index (χ0) is 15.1. The number of aliphatic hydroxyl groups is 1. The monoisotopic (exact) mass is 348 g/mol. The summed E-state index contributed by atoms with van der Waals surface area (Å²) in [6, 6.07) is 0. The SMILES string of the molecule is CCCCCCCCCCCCS(=O)(=O)OCCCO.[H-].[K+]. The van der Waals surface area contributed by atoms with E-state index < -0.39 is 10.1 Å². The molecule has 0 bridgehead atoms. The van der Waals surface area contributed by atoms with E-state index in [2.05, 4.69) is 6.92 Å². The summed E-state index contributed by atoms with van der Waals surface area (Å²) in [5.41, 5.74) is 0. The van der Waals surface area contributed by atoms with Crippen molar-refractivity contribution in [2.75, 3.05) is 19.0 Å². The Bertz CT molecular complexity index is 300. The molecule has 0 heterocycles. The average Bonchev–Trinajstić information content (AvgIpc) is 2.41. The average molecular weight is 349 g/mol. The summed E-state index contributed by atoms with van der Waals surface area (Å²) in [4.78, 5) is 0. The molecule has 0 rings (SSSR count). The van der Waals surface area contributed by atoms with Crippen molar-refractivity contribution in [1.82, 2.24) is 0 Å². The molecule has 0 amide bonds. The summed E-state index contributed by atoms with van der Waals surface area (Å²) in [5.74, 6) is 0.106. The Morgan fingerprint density at radius 1 is 0.857 bits per heavy atom. The fourth-order valence-corrected chi connectivity index (χ4v) is 3.12. The van der Waals surface area contributed by atoms with Crippen molar-refractivity contribution in [3.63, 3.8) is 0 Å². The number of rotatable bonds is 15. The maximum absolute atomic E-state index is 11.4. The van der Waals surface area contributed by atoms with Crippen LogP contribution in [0.3, 0.4) is 0 Å². The van der Waals surface area contributed by atoms with Gasteiger partial charge in [0.15, 0.2) is 0 Å². The van der Waals surface area contributed by atoms with Gasteiger partial charge in [-0.2, -0.15) is 8.42 Å². The predicted molar refractivity (Wildman–Crippen MR) is 84.4 cm³/mol. The van der Waals surface area contributed by atoms with E-state index in [0.29, 0.717) is 12.8 Å². The van der Waals surface area contributed by atoms with Crippen molar-refractivity contribution in [1.29, 1.82) is 0 Å². The third-order valence-corrected chi connectivity index (χ3v) is 4.63. The summed E-state index contributed by atoms with van der Waals surface area (Å²) in [6.45, 7) is 2.28. The van der Waals surface area contributed by atoms with Crippen LogP contribution >= 0.6 is 0 Å². The molecule has 6 heteroatoms. The van der Waals surface area contributed by atoms with Crippen molar-refractivity contribution < 1.29 is 70.5 Å². The van der Waals surface area contributed by atoms with Crippen molar-refractivity contribution in [3.05, 3.63) is 0 Å². The largest absolute Gasteiger partial charge is 1.00 e. The molecule has 0 radical (unpaired) electrons. The van der Waals surface area contributed by atoms with E-state index in [4.69, 9.17) is 9.29 Å². The second-order valence-electron chi connectivity index (χ2n) is 5.34. The quantitative estimate of drug-likeness (QED) is 0.269. The van der Waals surface area contributed by atoms with E-state index in [9.17, 15) is 8.42 Å². The molecule has 0 aromatic heterocycles. The van der Waals surface area contributed by atoms with Gasteiger partial charge < -0.3 is 6.53 Å². The van der Waals surface area contributed by atoms with E-state index in [0.717, 1.165) is 12.8 Å². The van der Waals surface area contributed by atoms with E-state index in [1.807, 2.05) is 0 Å². The van der Waals surface area contributed by atoms with Crippen molar-refractivity contribution in [2.45, 2.75) is 77.6 Å². The standard InChI is InChI=1S/C15H32O4S.K.H/c1-2-3-4-5-6-7-8-9-10-11-15-20(17,18)19-14-12-13-16;;/h16H,2-15H2,1H3;;/q;+1;-1. The molecular weight excluding hydrogens is 315 g/mol. The van der Waals surface area contributed by atoms with Gasteiger partial charge in [-0.1, -0.05) is 64.7 Å². The Kier molecular flexibility index (Phi) is 21.0. The molecule has 1 N–H and O–H groups in total. The molecule has 0 fully saturated rings. The van der Waals surface area contributed by atoms with Gasteiger partial charge in [0.05, 0.1) is 12.4 Å². The Balaban J connectivity index is -0.00000180. The third-order valence-electron chi connectivity index (χ3n) is 3.31. The number of aliphatic hydroxyl groups excluding tert-OH is 1. The summed E-state index contributed by atoms with van der Waals surface area (Å²) < 4.78 is 27.6. The molecule has 0 aliphatic rings. The van der Waals surface area contributed by atoms with Gasteiger partial charge in [0.1, 0.15) is 0 Å². The molecule has 0 atom stereocenters. The van der Waals surface area contributed by atoms with Crippen molar-refractivity contribution in [3.8, 4) is 0 Å². The first-order valence-electron chi connectivity index (χ1n) is 8.10. The summed E-state index contributed by atoms with van der Waals surface area (Å²) >= 11 is 0. The smallest absolute Gasteiger partial charge is 1.00 e. The summed E-state index contributed by atoms with van der Waals surface area (Å²) in [6.07, 6.45) is 12.2. The van der Waals surface area contributed by atoms with Crippen LogP contribution in [0.1, 0.15) is 79.0 Å². The molecule has 0 spiro atoms. The van der Waals surface area contributed by atoms with Crippen LogP contribution in [0.15, 0.2) is 0 Å². The summed E-state index contributed by atoms with van der Waals surface area (Å²) in [5, 5.41) is 8.55. The minimum atomic E-state index is -3.37. The van der Waals surface area contributed by atoms with Crippen LogP contribution in [0.4, 0.5) is 0 Å². The van der Waals surface area contributed by atoms with Crippen LogP contribution in [0.5, 0.6) is 0 Å². The Hall–Kier alpha value is 1.51. The van der Waals surface area contributed by atoms with Gasteiger partial charge in [0.25, 0.3) is 10.1 Å². The first-order chi connectivity index (χ1) is 9.62. The van der Waals surface area contributed by atoms with Crippen LogP contribution in [0.25, 0.3) is 0 Å². The fraction of sp³-hybridized carbons (Fsp3) is 1.00. The van der Waals surface area contributed by atoms with Crippen molar-refractivity contribution >= 4 is 10.1 Å². The second-order valence-corrected chi connectivity index (χ2v) is 7.10. The molecule has 0 saturated carbocycles. The molecule has 124 valence electrons. The van der Waals surface area contributed by atoms with E-state index in [1.54, 1.807) is 0 Å². The van der Waals surface area contributed by atoms with Gasteiger partial charge in [-0.25, -0.2) is 0 Å². The van der Waals surface area contributed by atoms with Crippen LogP contribution in [0.2, 0.25) is 0 Å². The second kappa shape index (κ2) is 17.9. The minimum absolute atomic E-state index is 0. The molecular formula is C15H33KO4S. The maximum Gasteiger partial charge on any atom is 1.00 e. The number of unbranched alkanes of at least 4 members (excludes halogenated alkanes) is 9. The predicted octanol–water partition coefficient (Wildman–Crippen LogP) is 0.753. The molecule has 0 unspecified atom stereocenters. The topological polar surface area (TPSA) is 63.6 Å². The minimum Gasteiger partial charge on any atom is -1.00 e. The molecule has 0 aromatic rings. The normalized spacial score (nSPS) is 11.3. The molecule has 21 heavy (non-hydrogen) atoms. The van der Waals surface area contributed by atoms with Gasteiger partial charge in [0.2, 0.25) is 0 Å². The van der Waals surface area contributed by atoms with E-state index >= 15 is 0 Å². The van der Waals surface area contributed by atoms with Crippen LogP contribution in [0, 0.1) is 0 Å². The zero-order valence-corrected chi connectivity index (χ0v) is 17.9. The Morgan fingerprint density at radius 2 is 1.33 bits per heavy atom. The Labute approximate surface area is 175 Å². The van der Waals surface area contributed by atoms with Crippen LogP contribution < -0.4 is 51.4 Å². The molecule has 0 aromatic carbocycles. The van der Waals surface area contributed by atoms with Gasteiger partial charge in [-0.3, -0.25) is 4.18 Å². The third kappa shape index (κ3) is 19.5. The van der Waals surface area contributed by atoms with Crippen LogP contribution in [-0.2, 0) is 14.3 Å². The fourth-order valence-electron chi connectivity index (χ4n) is 2.08. The molecule has 0 aliphatic carbocycles. The molecule has 4 nitrogen and oxygen atoms in total. The first-order valence-corrected chi connectivity index (χ1v) is 9.68. The van der Waals surface area contributed by atoms with Crippen molar-refractivity contribution in [2.24, 2.45) is 0 Å². The van der Waals surface area contributed by atoms with Gasteiger partial charge >= 0.3 is 51.4 Å². The Morgan fingerprint density at radius 3 is 1.81 bits per heavy atom. The van der Waals surface area contributed by atoms with Gasteiger partial charge in [0, 0.05) is 6.61 Å². The van der Waals surface area contributed by atoms with Crippen LogP contribution in [-0.4, -0.2) is 32.5 Å². The maximum atomic E-state index is 11.4. The van der Waals surface area contributed by atoms with Gasteiger partial charge in [-0.15, -0.1) is 0 Å². The van der Waals surface area contributed by atoms with E-state index in [-0.39, 0.29) is 71.8 Å². The number of hydrogen-bond donors (Lipinski definition) is 1. The zero-order valence-electron chi connectivity index (χ0n) is 15.0. The first kappa shape index (κ1) is 24.8. The van der Waals surface area contributed by atoms with E-state index in [1.165, 1.54) is 44.9 Å².